The van der Waals surface area contributed by atoms with Gasteiger partial charge in [-0.2, -0.15) is 0 Å². The molecule has 0 unspecified atom stereocenters. The van der Waals surface area contributed by atoms with Crippen LogP contribution in [0.25, 0.3) is 10.2 Å². The van der Waals surface area contributed by atoms with Crippen molar-refractivity contribution in [3.63, 3.8) is 0 Å². The quantitative estimate of drug-likeness (QED) is 0.594. The summed E-state index contributed by atoms with van der Waals surface area (Å²) in [7, 11) is 0. The van der Waals surface area contributed by atoms with Crippen LogP contribution in [0.3, 0.4) is 0 Å². The molecule has 24 heavy (non-hydrogen) atoms. The van der Waals surface area contributed by atoms with Crippen LogP contribution in [0.1, 0.15) is 44.4 Å². The minimum absolute atomic E-state index is 0.100. The third-order valence-corrected chi connectivity index (χ3v) is 5.06. The number of hydrogen-bond acceptors (Lipinski definition) is 4. The Morgan fingerprint density at radius 3 is 2.88 bits per heavy atom. The first-order valence-electron chi connectivity index (χ1n) is 8.43. The summed E-state index contributed by atoms with van der Waals surface area (Å²) in [5.41, 5.74) is 2.23. The van der Waals surface area contributed by atoms with Crippen LogP contribution < -0.4 is 4.90 Å². The molecular weight excluding hydrogens is 320 g/mol. The van der Waals surface area contributed by atoms with Crippen molar-refractivity contribution < 1.29 is 9.21 Å². The zero-order valence-corrected chi connectivity index (χ0v) is 14.9. The third kappa shape index (κ3) is 3.67. The van der Waals surface area contributed by atoms with Crippen LogP contribution in [0.2, 0.25) is 0 Å². The number of aryl methyl sites for hydroxylation is 1. The third-order valence-electron chi connectivity index (χ3n) is 4.02. The van der Waals surface area contributed by atoms with Crippen LogP contribution in [0.5, 0.6) is 0 Å². The molecule has 2 heterocycles. The number of amides is 1. The Morgan fingerprint density at radius 1 is 1.29 bits per heavy atom. The zero-order valence-electron chi connectivity index (χ0n) is 14.1. The van der Waals surface area contributed by atoms with Crippen LogP contribution in [-0.2, 0) is 17.8 Å². The fourth-order valence-corrected chi connectivity index (χ4v) is 3.62. The fraction of sp³-hybridized carbons (Fsp3) is 0.368. The summed E-state index contributed by atoms with van der Waals surface area (Å²) in [6.45, 7) is 4.66. The van der Waals surface area contributed by atoms with Crippen molar-refractivity contribution in [3.05, 3.63) is 47.9 Å². The fourth-order valence-electron chi connectivity index (χ4n) is 2.58. The minimum Gasteiger partial charge on any atom is -0.467 e. The Labute approximate surface area is 146 Å². The van der Waals surface area contributed by atoms with Crippen molar-refractivity contribution >= 4 is 32.6 Å². The maximum Gasteiger partial charge on any atom is 0.229 e. The molecule has 0 bridgehead atoms. The standard InChI is InChI=1S/C19H22N2O2S/c1-3-5-8-18(22)21(13-15-7-6-11-23-15)19-20-16-10-9-14(4-2)12-17(16)24-19/h6-7,9-12H,3-5,8,13H2,1-2H3. The van der Waals surface area contributed by atoms with Gasteiger partial charge in [0.05, 0.1) is 23.0 Å². The van der Waals surface area contributed by atoms with E-state index in [0.717, 1.165) is 40.4 Å². The summed E-state index contributed by atoms with van der Waals surface area (Å²) in [5, 5.41) is 0.746. The minimum atomic E-state index is 0.100. The highest BCUT2D eigenvalue weighted by molar-refractivity contribution is 7.22. The second kappa shape index (κ2) is 7.62. The van der Waals surface area contributed by atoms with Crippen LogP contribution in [0, 0.1) is 0 Å². The van der Waals surface area contributed by atoms with E-state index in [1.165, 1.54) is 5.56 Å². The molecule has 0 atom stereocenters. The first kappa shape index (κ1) is 16.7. The number of fused-ring (bicyclic) bond motifs is 1. The predicted octanol–water partition coefficient (Wildman–Crippen LogP) is 5.18. The van der Waals surface area contributed by atoms with Crippen LogP contribution in [-0.4, -0.2) is 10.9 Å². The van der Waals surface area contributed by atoms with Crippen molar-refractivity contribution in [1.82, 2.24) is 4.98 Å². The lowest BCUT2D eigenvalue weighted by Crippen LogP contribution is -2.29. The predicted molar refractivity (Wildman–Crippen MR) is 98.4 cm³/mol. The van der Waals surface area contributed by atoms with Gasteiger partial charge in [0.15, 0.2) is 5.13 Å². The van der Waals surface area contributed by atoms with E-state index in [1.54, 1.807) is 22.5 Å². The molecule has 3 rings (SSSR count). The Morgan fingerprint density at radius 2 is 2.17 bits per heavy atom. The Balaban J connectivity index is 1.92. The van der Waals surface area contributed by atoms with Gasteiger partial charge in [0, 0.05) is 6.42 Å². The summed E-state index contributed by atoms with van der Waals surface area (Å²) in [6.07, 6.45) is 5.05. The SMILES string of the molecule is CCCCC(=O)N(Cc1ccco1)c1nc2ccc(CC)cc2s1. The highest BCUT2D eigenvalue weighted by atomic mass is 32.1. The molecule has 0 aliphatic rings. The van der Waals surface area contributed by atoms with Gasteiger partial charge in [-0.1, -0.05) is 37.7 Å². The number of carbonyl (C=O) groups is 1. The molecule has 0 aliphatic carbocycles. The lowest BCUT2D eigenvalue weighted by atomic mass is 10.2. The lowest BCUT2D eigenvalue weighted by Gasteiger charge is -2.18. The maximum absolute atomic E-state index is 12.7. The van der Waals surface area contributed by atoms with E-state index >= 15 is 0 Å². The molecule has 1 amide bonds. The summed E-state index contributed by atoms with van der Waals surface area (Å²) in [4.78, 5) is 19.1. The van der Waals surface area contributed by atoms with E-state index in [4.69, 9.17) is 4.42 Å². The van der Waals surface area contributed by atoms with E-state index in [2.05, 4.69) is 31.0 Å². The van der Waals surface area contributed by atoms with Gasteiger partial charge in [-0.3, -0.25) is 9.69 Å². The van der Waals surface area contributed by atoms with Crippen molar-refractivity contribution in [3.8, 4) is 0 Å². The van der Waals surface area contributed by atoms with Crippen molar-refractivity contribution in [2.24, 2.45) is 0 Å². The number of unbranched alkanes of at least 4 members (excludes halogenated alkanes) is 1. The number of thiazole rings is 1. The Kier molecular flexibility index (Phi) is 5.30. The number of furan rings is 1. The number of rotatable bonds is 7. The molecule has 126 valence electrons. The molecule has 0 fully saturated rings. The van der Waals surface area contributed by atoms with Gasteiger partial charge in [0.2, 0.25) is 5.91 Å². The van der Waals surface area contributed by atoms with E-state index in [9.17, 15) is 4.79 Å². The summed E-state index contributed by atoms with van der Waals surface area (Å²) in [5.74, 6) is 0.872. The molecule has 5 heteroatoms. The zero-order chi connectivity index (χ0) is 16.9. The molecule has 0 aliphatic heterocycles. The molecule has 0 saturated carbocycles. The molecule has 1 aromatic carbocycles. The molecule has 2 aromatic heterocycles. The van der Waals surface area contributed by atoms with Crippen molar-refractivity contribution in [2.75, 3.05) is 4.90 Å². The molecule has 3 aromatic rings. The van der Waals surface area contributed by atoms with Crippen LogP contribution in [0.15, 0.2) is 41.0 Å². The topological polar surface area (TPSA) is 46.3 Å². The van der Waals surface area contributed by atoms with Crippen LogP contribution >= 0.6 is 11.3 Å². The Bertz CT molecular complexity index is 808. The first-order valence-corrected chi connectivity index (χ1v) is 9.25. The van der Waals surface area contributed by atoms with E-state index in [-0.39, 0.29) is 5.91 Å². The number of hydrogen-bond donors (Lipinski definition) is 0. The number of carbonyl (C=O) groups excluding carboxylic acids is 1. The van der Waals surface area contributed by atoms with Gasteiger partial charge < -0.3 is 4.42 Å². The van der Waals surface area contributed by atoms with Gasteiger partial charge in [-0.25, -0.2) is 4.98 Å². The maximum atomic E-state index is 12.7. The van der Waals surface area contributed by atoms with Crippen molar-refractivity contribution in [2.45, 2.75) is 46.1 Å². The average molecular weight is 342 g/mol. The summed E-state index contributed by atoms with van der Waals surface area (Å²) < 4.78 is 6.56. The second-order valence-electron chi connectivity index (χ2n) is 5.81. The molecule has 0 saturated heterocycles. The smallest absolute Gasteiger partial charge is 0.229 e. The van der Waals surface area contributed by atoms with E-state index in [0.29, 0.717) is 13.0 Å². The van der Waals surface area contributed by atoms with Crippen molar-refractivity contribution in [1.29, 1.82) is 0 Å². The highest BCUT2D eigenvalue weighted by Gasteiger charge is 2.20. The lowest BCUT2D eigenvalue weighted by molar-refractivity contribution is -0.118. The molecular formula is C19H22N2O2S. The normalized spacial score (nSPS) is 11.1. The van der Waals surface area contributed by atoms with Gasteiger partial charge >= 0.3 is 0 Å². The van der Waals surface area contributed by atoms with E-state index < -0.39 is 0 Å². The average Bonchev–Trinajstić information content (AvgIpc) is 3.25. The van der Waals surface area contributed by atoms with E-state index in [1.807, 2.05) is 18.2 Å². The highest BCUT2D eigenvalue weighted by Crippen LogP contribution is 2.31. The van der Waals surface area contributed by atoms with Crippen LogP contribution in [0.4, 0.5) is 5.13 Å². The second-order valence-corrected chi connectivity index (χ2v) is 6.82. The summed E-state index contributed by atoms with van der Waals surface area (Å²) in [6, 6.07) is 10.0. The largest absolute Gasteiger partial charge is 0.467 e. The first-order chi connectivity index (χ1) is 11.7. The monoisotopic (exact) mass is 342 g/mol. The number of aromatic nitrogens is 1. The van der Waals surface area contributed by atoms with Gasteiger partial charge in [-0.15, -0.1) is 0 Å². The Hall–Kier alpha value is -2.14. The molecule has 0 radical (unpaired) electrons. The van der Waals surface area contributed by atoms with Gasteiger partial charge in [0.25, 0.3) is 0 Å². The number of benzene rings is 1. The molecule has 0 N–H and O–H groups in total. The van der Waals surface area contributed by atoms with Gasteiger partial charge in [0.1, 0.15) is 5.76 Å². The number of anilines is 1. The number of nitrogens with zero attached hydrogens (tertiary/aromatic N) is 2. The molecule has 0 spiro atoms. The molecule has 4 nitrogen and oxygen atoms in total. The van der Waals surface area contributed by atoms with Gasteiger partial charge in [-0.05, 0) is 42.7 Å². The summed E-state index contributed by atoms with van der Waals surface area (Å²) >= 11 is 1.57.